The molecule has 1 fully saturated rings. The fraction of sp³-hybridized carbons (Fsp3) is 0.786. The molecule has 0 bridgehead atoms. The van der Waals surface area contributed by atoms with E-state index in [1.807, 2.05) is 14.1 Å². The summed E-state index contributed by atoms with van der Waals surface area (Å²) in [7, 11) is 3.94. The predicted molar refractivity (Wildman–Crippen MR) is 77.8 cm³/mol. The fourth-order valence-electron chi connectivity index (χ4n) is 2.30. The largest absolute Gasteiger partial charge is 0.481 e. The highest BCUT2D eigenvalue weighted by Gasteiger charge is 2.39. The van der Waals surface area contributed by atoms with Gasteiger partial charge in [0.1, 0.15) is 0 Å². The van der Waals surface area contributed by atoms with E-state index in [9.17, 15) is 14.4 Å². The molecule has 3 amide bonds. The molecule has 7 nitrogen and oxygen atoms in total. The highest BCUT2D eigenvalue weighted by Crippen LogP contribution is 2.35. The van der Waals surface area contributed by atoms with E-state index >= 15 is 0 Å². The summed E-state index contributed by atoms with van der Waals surface area (Å²) in [6, 6.07) is -0.575. The normalized spacial score (nSPS) is 17.0. The van der Waals surface area contributed by atoms with Gasteiger partial charge >= 0.3 is 12.0 Å². The van der Waals surface area contributed by atoms with Gasteiger partial charge in [0, 0.05) is 18.5 Å². The highest BCUT2D eigenvalue weighted by molar-refractivity contribution is 5.96. The van der Waals surface area contributed by atoms with Crippen molar-refractivity contribution in [3.63, 3.8) is 0 Å². The number of hydrogen-bond donors (Lipinski definition) is 3. The molecular weight excluding hydrogens is 274 g/mol. The van der Waals surface area contributed by atoms with Crippen LogP contribution in [0.1, 0.15) is 39.5 Å². The molecular formula is C14H25N3O4. The summed E-state index contributed by atoms with van der Waals surface area (Å²) in [6.07, 6.45) is 2.92. The topological polar surface area (TPSA) is 98.7 Å². The number of aliphatic carboxylic acids is 1. The number of amides is 3. The number of carboxylic acid groups (broad SMARTS) is 1. The first-order valence-electron chi connectivity index (χ1n) is 7.08. The van der Waals surface area contributed by atoms with Crippen LogP contribution in [0.25, 0.3) is 0 Å². The van der Waals surface area contributed by atoms with E-state index in [2.05, 4.69) is 15.5 Å². The number of likely N-dealkylation sites (N-methyl/N-ethyl adjacent to an activating group) is 1. The van der Waals surface area contributed by atoms with E-state index in [0.29, 0.717) is 6.54 Å². The van der Waals surface area contributed by atoms with Crippen molar-refractivity contribution in [2.75, 3.05) is 20.6 Å². The molecule has 0 aromatic rings. The third-order valence-electron chi connectivity index (χ3n) is 4.25. The summed E-state index contributed by atoms with van der Waals surface area (Å²) in [6.45, 7) is 3.37. The Morgan fingerprint density at radius 3 is 2.19 bits per heavy atom. The SMILES string of the molecule is CN(C)C1(CNC(=O)NC(=O)CC(C)(C)C(=O)O)CCC1. The molecule has 1 aliphatic carbocycles. The molecule has 0 aromatic heterocycles. The van der Waals surface area contributed by atoms with Gasteiger partial charge in [-0.3, -0.25) is 14.9 Å². The summed E-state index contributed by atoms with van der Waals surface area (Å²) in [5.74, 6) is -1.66. The van der Waals surface area contributed by atoms with Gasteiger partial charge < -0.3 is 15.3 Å². The van der Waals surface area contributed by atoms with Crippen LogP contribution in [0.3, 0.4) is 0 Å². The average Bonchev–Trinajstić information content (AvgIpc) is 2.25. The lowest BCUT2D eigenvalue weighted by atomic mass is 9.75. The zero-order valence-electron chi connectivity index (χ0n) is 13.2. The van der Waals surface area contributed by atoms with Crippen LogP contribution >= 0.6 is 0 Å². The second kappa shape index (κ2) is 6.43. The van der Waals surface area contributed by atoms with Crippen LogP contribution in [-0.4, -0.2) is 54.1 Å². The quantitative estimate of drug-likeness (QED) is 0.674. The predicted octanol–water partition coefficient (Wildman–Crippen LogP) is 0.797. The molecule has 1 rings (SSSR count). The van der Waals surface area contributed by atoms with Crippen molar-refractivity contribution >= 4 is 17.9 Å². The molecule has 0 atom stereocenters. The maximum atomic E-state index is 11.7. The standard InChI is InChI=1S/C14H25N3O4/c1-13(2,11(19)20)8-10(18)16-12(21)15-9-14(17(3)4)6-5-7-14/h5-9H2,1-4H3,(H,19,20)(H2,15,16,18,21). The summed E-state index contributed by atoms with van der Waals surface area (Å²) in [5, 5.41) is 13.8. The van der Waals surface area contributed by atoms with Crippen LogP contribution in [0.5, 0.6) is 0 Å². The number of nitrogens with zero attached hydrogens (tertiary/aromatic N) is 1. The van der Waals surface area contributed by atoms with E-state index in [4.69, 9.17) is 5.11 Å². The van der Waals surface area contributed by atoms with Crippen molar-refractivity contribution in [2.45, 2.75) is 45.1 Å². The molecule has 0 aliphatic heterocycles. The lowest BCUT2D eigenvalue weighted by molar-refractivity contribution is -0.149. The van der Waals surface area contributed by atoms with E-state index in [1.165, 1.54) is 13.8 Å². The smallest absolute Gasteiger partial charge is 0.321 e. The Kier molecular flexibility index (Phi) is 5.33. The summed E-state index contributed by atoms with van der Waals surface area (Å²) in [4.78, 5) is 36.4. The van der Waals surface area contributed by atoms with Gasteiger partial charge in [-0.05, 0) is 47.2 Å². The second-order valence-corrected chi connectivity index (χ2v) is 6.57. The number of carbonyl (C=O) groups excluding carboxylic acids is 2. The molecule has 0 spiro atoms. The first-order valence-corrected chi connectivity index (χ1v) is 7.08. The minimum absolute atomic E-state index is 0.0271. The van der Waals surface area contributed by atoms with Crippen molar-refractivity contribution in [2.24, 2.45) is 5.41 Å². The Balaban J connectivity index is 2.40. The molecule has 0 heterocycles. The maximum Gasteiger partial charge on any atom is 0.321 e. The van der Waals surface area contributed by atoms with Crippen molar-refractivity contribution in [1.29, 1.82) is 0 Å². The summed E-state index contributed by atoms with van der Waals surface area (Å²) < 4.78 is 0. The number of hydrogen-bond acceptors (Lipinski definition) is 4. The van der Waals surface area contributed by atoms with Crippen LogP contribution in [0.15, 0.2) is 0 Å². The Bertz CT molecular complexity index is 428. The summed E-state index contributed by atoms with van der Waals surface area (Å²) >= 11 is 0. The van der Waals surface area contributed by atoms with Crippen molar-refractivity contribution < 1.29 is 19.5 Å². The minimum Gasteiger partial charge on any atom is -0.481 e. The van der Waals surface area contributed by atoms with E-state index < -0.39 is 23.3 Å². The van der Waals surface area contributed by atoms with Gasteiger partial charge in [0.15, 0.2) is 0 Å². The zero-order chi connectivity index (χ0) is 16.3. The first kappa shape index (κ1) is 17.4. The molecule has 1 saturated carbocycles. The first-order chi connectivity index (χ1) is 9.59. The number of rotatable bonds is 6. The van der Waals surface area contributed by atoms with Gasteiger partial charge in [-0.15, -0.1) is 0 Å². The lowest BCUT2D eigenvalue weighted by Crippen LogP contribution is -2.58. The molecule has 120 valence electrons. The van der Waals surface area contributed by atoms with Crippen LogP contribution < -0.4 is 10.6 Å². The minimum atomic E-state index is -1.19. The molecule has 0 saturated heterocycles. The number of nitrogens with one attached hydrogen (secondary N) is 2. The molecule has 1 aliphatic rings. The van der Waals surface area contributed by atoms with E-state index in [-0.39, 0.29) is 12.0 Å². The Morgan fingerprint density at radius 2 is 1.81 bits per heavy atom. The van der Waals surface area contributed by atoms with Crippen LogP contribution in [-0.2, 0) is 9.59 Å². The Hall–Kier alpha value is -1.63. The summed E-state index contributed by atoms with van der Waals surface area (Å²) in [5.41, 5.74) is -1.22. The molecule has 0 radical (unpaired) electrons. The molecule has 0 unspecified atom stereocenters. The zero-order valence-corrected chi connectivity index (χ0v) is 13.2. The molecule has 7 heteroatoms. The second-order valence-electron chi connectivity index (χ2n) is 6.57. The van der Waals surface area contributed by atoms with Gasteiger partial charge in [-0.1, -0.05) is 0 Å². The molecule has 21 heavy (non-hydrogen) atoms. The van der Waals surface area contributed by atoms with Gasteiger partial charge in [0.05, 0.1) is 5.41 Å². The van der Waals surface area contributed by atoms with Crippen molar-refractivity contribution in [1.82, 2.24) is 15.5 Å². The Morgan fingerprint density at radius 1 is 1.24 bits per heavy atom. The van der Waals surface area contributed by atoms with Crippen molar-refractivity contribution in [3.05, 3.63) is 0 Å². The molecule has 0 aromatic carbocycles. The number of urea groups is 1. The maximum absolute atomic E-state index is 11.7. The van der Waals surface area contributed by atoms with Crippen LogP contribution in [0.4, 0.5) is 4.79 Å². The van der Waals surface area contributed by atoms with Gasteiger partial charge in [0.25, 0.3) is 0 Å². The number of carboxylic acids is 1. The van der Waals surface area contributed by atoms with Gasteiger partial charge in [0.2, 0.25) is 5.91 Å². The Labute approximate surface area is 125 Å². The van der Waals surface area contributed by atoms with Gasteiger partial charge in [-0.25, -0.2) is 4.79 Å². The lowest BCUT2D eigenvalue weighted by Gasteiger charge is -2.47. The van der Waals surface area contributed by atoms with Crippen molar-refractivity contribution in [3.8, 4) is 0 Å². The van der Waals surface area contributed by atoms with Crippen LogP contribution in [0, 0.1) is 5.41 Å². The average molecular weight is 299 g/mol. The van der Waals surface area contributed by atoms with E-state index in [1.54, 1.807) is 0 Å². The third-order valence-corrected chi connectivity index (χ3v) is 4.25. The number of imide groups is 1. The van der Waals surface area contributed by atoms with Gasteiger partial charge in [-0.2, -0.15) is 0 Å². The van der Waals surface area contributed by atoms with E-state index in [0.717, 1.165) is 19.3 Å². The van der Waals surface area contributed by atoms with Crippen LogP contribution in [0.2, 0.25) is 0 Å². The third kappa shape index (κ3) is 4.42. The highest BCUT2D eigenvalue weighted by atomic mass is 16.4. The molecule has 3 N–H and O–H groups in total. The fourth-order valence-corrected chi connectivity index (χ4v) is 2.30. The monoisotopic (exact) mass is 299 g/mol. The number of carbonyl (C=O) groups is 3.